The van der Waals surface area contributed by atoms with Crippen molar-refractivity contribution in [1.82, 2.24) is 10.2 Å². The summed E-state index contributed by atoms with van der Waals surface area (Å²) in [6.07, 6.45) is 0. The molecule has 0 unspecified atom stereocenters. The Morgan fingerprint density at radius 2 is 2.00 bits per heavy atom. The number of benzene rings is 1. The van der Waals surface area contributed by atoms with Crippen molar-refractivity contribution >= 4 is 5.82 Å². The maximum atomic E-state index is 5.22. The Balaban J connectivity index is 2.36. The molecule has 0 spiro atoms. The van der Waals surface area contributed by atoms with Gasteiger partial charge in [-0.3, -0.25) is 5.10 Å². The minimum absolute atomic E-state index is 0.707. The average Bonchev–Trinajstić information content (AvgIpc) is 2.67. The summed E-state index contributed by atoms with van der Waals surface area (Å²) in [4.78, 5) is 0. The Kier molecular flexibility index (Phi) is 2.00. The quantitative estimate of drug-likeness (QED) is 0.680. The zero-order valence-corrected chi connectivity index (χ0v) is 6.99. The lowest BCUT2D eigenvalue weighted by Crippen LogP contribution is -1.81. The zero-order chi connectivity index (χ0) is 9.10. The first-order valence-electron chi connectivity index (χ1n) is 3.97. The smallest absolute Gasteiger partial charge is 0.122 e. The maximum absolute atomic E-state index is 5.22. The van der Waals surface area contributed by atoms with E-state index in [9.17, 15) is 0 Å². The molecule has 1 heterocycles. The van der Waals surface area contributed by atoms with Gasteiger partial charge in [-0.1, -0.05) is 30.3 Å². The van der Waals surface area contributed by atoms with Gasteiger partial charge in [-0.25, -0.2) is 0 Å². The zero-order valence-electron chi connectivity index (χ0n) is 6.99. The summed E-state index contributed by atoms with van der Waals surface area (Å²) in [7, 11) is 5.22. The topological polar surface area (TPSA) is 40.7 Å². The molecule has 3 heteroatoms. The van der Waals surface area contributed by atoms with Gasteiger partial charge in [0.25, 0.3) is 0 Å². The van der Waals surface area contributed by atoms with Crippen LogP contribution in [0.25, 0.3) is 11.3 Å². The highest BCUT2D eigenvalue weighted by Gasteiger charge is 2.00. The molecule has 0 aliphatic carbocycles. The van der Waals surface area contributed by atoms with Gasteiger partial charge in [0.2, 0.25) is 0 Å². The van der Waals surface area contributed by atoms with Crippen molar-refractivity contribution in [3.63, 3.8) is 0 Å². The fourth-order valence-corrected chi connectivity index (χ4v) is 1.15. The van der Waals surface area contributed by atoms with Gasteiger partial charge < -0.3 is 5.32 Å². The molecule has 0 aliphatic rings. The summed E-state index contributed by atoms with van der Waals surface area (Å²) in [5, 5.41) is 9.36. The Bertz CT molecular complexity index is 378. The standard InChI is InChI=1S/C10H9N3/c1-11-10-7-9(12-13-10)8-5-3-2-4-6-8/h1-7H,(H2,11,12,13). The van der Waals surface area contributed by atoms with Gasteiger partial charge in [0.1, 0.15) is 5.82 Å². The van der Waals surface area contributed by atoms with Crippen LogP contribution in [0.15, 0.2) is 36.4 Å². The lowest BCUT2D eigenvalue weighted by atomic mass is 10.2. The first kappa shape index (κ1) is 7.86. The van der Waals surface area contributed by atoms with Crippen molar-refractivity contribution in [1.29, 1.82) is 0 Å². The third-order valence-corrected chi connectivity index (χ3v) is 1.80. The van der Waals surface area contributed by atoms with Crippen LogP contribution in [0, 0.1) is 7.05 Å². The number of hydrogen-bond acceptors (Lipinski definition) is 2. The molecular formula is C10H9N3. The van der Waals surface area contributed by atoms with E-state index in [4.69, 9.17) is 7.05 Å². The number of rotatable bonds is 2. The maximum Gasteiger partial charge on any atom is 0.122 e. The van der Waals surface area contributed by atoms with Crippen molar-refractivity contribution in [2.24, 2.45) is 0 Å². The van der Waals surface area contributed by atoms with Gasteiger partial charge in [-0.2, -0.15) is 5.10 Å². The van der Waals surface area contributed by atoms with Crippen LogP contribution in [-0.4, -0.2) is 10.2 Å². The molecule has 0 saturated carbocycles. The van der Waals surface area contributed by atoms with E-state index >= 15 is 0 Å². The monoisotopic (exact) mass is 171 g/mol. The van der Waals surface area contributed by atoms with Crippen LogP contribution in [0.4, 0.5) is 5.82 Å². The van der Waals surface area contributed by atoms with Crippen LogP contribution in [0.1, 0.15) is 0 Å². The van der Waals surface area contributed by atoms with Crippen LogP contribution in [-0.2, 0) is 0 Å². The van der Waals surface area contributed by atoms with Crippen molar-refractivity contribution in [2.45, 2.75) is 0 Å². The van der Waals surface area contributed by atoms with Crippen LogP contribution in [0.3, 0.4) is 0 Å². The molecule has 0 bridgehead atoms. The summed E-state index contributed by atoms with van der Waals surface area (Å²) >= 11 is 0. The number of anilines is 1. The van der Waals surface area contributed by atoms with Gasteiger partial charge in [0.15, 0.2) is 0 Å². The van der Waals surface area contributed by atoms with Gasteiger partial charge >= 0.3 is 0 Å². The highest BCUT2D eigenvalue weighted by Crippen LogP contribution is 2.18. The van der Waals surface area contributed by atoms with Crippen molar-refractivity contribution in [2.75, 3.05) is 5.32 Å². The van der Waals surface area contributed by atoms with Crippen LogP contribution >= 0.6 is 0 Å². The van der Waals surface area contributed by atoms with Gasteiger partial charge in [-0.15, -0.1) is 0 Å². The molecule has 1 aromatic carbocycles. The van der Waals surface area contributed by atoms with E-state index in [1.807, 2.05) is 36.4 Å². The van der Waals surface area contributed by atoms with Crippen molar-refractivity contribution < 1.29 is 0 Å². The molecule has 0 amide bonds. The number of aromatic amines is 1. The summed E-state index contributed by atoms with van der Waals surface area (Å²) < 4.78 is 0. The van der Waals surface area contributed by atoms with Gasteiger partial charge in [0.05, 0.1) is 12.7 Å². The second-order valence-electron chi connectivity index (χ2n) is 2.68. The Morgan fingerprint density at radius 3 is 2.62 bits per heavy atom. The van der Waals surface area contributed by atoms with E-state index in [1.54, 1.807) is 0 Å². The molecule has 0 atom stereocenters. The number of hydrogen-bond donors (Lipinski definition) is 2. The van der Waals surface area contributed by atoms with Crippen molar-refractivity contribution in [3.05, 3.63) is 43.4 Å². The molecule has 2 aromatic rings. The first-order valence-corrected chi connectivity index (χ1v) is 3.97. The van der Waals surface area contributed by atoms with Crippen molar-refractivity contribution in [3.8, 4) is 11.3 Å². The second kappa shape index (κ2) is 3.31. The molecule has 3 nitrogen and oxygen atoms in total. The number of H-pyrrole nitrogens is 1. The highest BCUT2D eigenvalue weighted by molar-refractivity contribution is 5.62. The molecule has 2 rings (SSSR count). The highest BCUT2D eigenvalue weighted by atomic mass is 15.2. The van der Waals surface area contributed by atoms with Crippen LogP contribution in [0.2, 0.25) is 0 Å². The van der Waals surface area contributed by atoms with E-state index in [0.717, 1.165) is 11.3 Å². The molecule has 1 aromatic heterocycles. The Morgan fingerprint density at radius 1 is 1.23 bits per heavy atom. The number of aromatic nitrogens is 2. The molecule has 2 N–H and O–H groups in total. The van der Waals surface area contributed by atoms with E-state index < -0.39 is 0 Å². The minimum Gasteiger partial charge on any atom is -0.363 e. The lowest BCUT2D eigenvalue weighted by molar-refractivity contribution is 1.10. The molecular weight excluding hydrogens is 162 g/mol. The summed E-state index contributed by atoms with van der Waals surface area (Å²) in [6.45, 7) is 0. The van der Waals surface area contributed by atoms with Gasteiger partial charge in [-0.05, 0) is 0 Å². The molecule has 0 fully saturated rings. The fourth-order valence-electron chi connectivity index (χ4n) is 1.15. The van der Waals surface area contributed by atoms with E-state index in [0.29, 0.717) is 5.82 Å². The van der Waals surface area contributed by atoms with Crippen LogP contribution in [0.5, 0.6) is 0 Å². The first-order chi connectivity index (χ1) is 6.40. The van der Waals surface area contributed by atoms with E-state index in [1.165, 1.54) is 0 Å². The minimum atomic E-state index is 0.707. The number of nitrogens with one attached hydrogen (secondary N) is 2. The average molecular weight is 171 g/mol. The normalized spacial score (nSPS) is 9.92. The molecule has 0 aliphatic heterocycles. The summed E-state index contributed by atoms with van der Waals surface area (Å²) in [5.41, 5.74) is 1.95. The third kappa shape index (κ3) is 1.54. The molecule has 13 heavy (non-hydrogen) atoms. The Hall–Kier alpha value is -1.77. The van der Waals surface area contributed by atoms with E-state index in [2.05, 4.69) is 15.5 Å². The van der Waals surface area contributed by atoms with Gasteiger partial charge in [0, 0.05) is 11.6 Å². The van der Waals surface area contributed by atoms with E-state index in [-0.39, 0.29) is 0 Å². The molecule has 0 saturated heterocycles. The molecule has 2 radical (unpaired) electrons. The third-order valence-electron chi connectivity index (χ3n) is 1.80. The number of nitrogens with zero attached hydrogens (tertiary/aromatic N) is 1. The fraction of sp³-hybridized carbons (Fsp3) is 0. The summed E-state index contributed by atoms with van der Waals surface area (Å²) in [5.74, 6) is 0.707. The predicted octanol–water partition coefficient (Wildman–Crippen LogP) is 2.16. The largest absolute Gasteiger partial charge is 0.363 e. The Labute approximate surface area is 76.8 Å². The van der Waals surface area contributed by atoms with Crippen LogP contribution < -0.4 is 5.32 Å². The summed E-state index contributed by atoms with van der Waals surface area (Å²) in [6, 6.07) is 11.8. The molecule has 64 valence electrons. The second-order valence-corrected chi connectivity index (χ2v) is 2.68. The predicted molar refractivity (Wildman–Crippen MR) is 51.9 cm³/mol. The SMILES string of the molecule is [CH]Nc1cc(-c2ccccc2)n[nH]1. The lowest BCUT2D eigenvalue weighted by Gasteiger charge is -1.92.